The average Bonchev–Trinajstić information content (AvgIpc) is 3.27. The highest BCUT2D eigenvalue weighted by Crippen LogP contribution is 2.18. The Hall–Kier alpha value is -3.94. The van der Waals surface area contributed by atoms with Crippen molar-refractivity contribution in [2.24, 2.45) is 0 Å². The third kappa shape index (κ3) is 5.54. The van der Waals surface area contributed by atoms with Crippen molar-refractivity contribution in [2.75, 3.05) is 10.6 Å². The molecule has 1 atom stereocenters. The highest BCUT2D eigenvalue weighted by Gasteiger charge is 2.15. The van der Waals surface area contributed by atoms with E-state index in [1.165, 1.54) is 6.92 Å². The molecule has 0 aliphatic heterocycles. The third-order valence-corrected chi connectivity index (χ3v) is 4.45. The number of amides is 3. The quantitative estimate of drug-likeness (QED) is 0.562. The molecular weight excluding hydrogens is 382 g/mol. The van der Waals surface area contributed by atoms with E-state index < -0.39 is 6.04 Å². The van der Waals surface area contributed by atoms with Crippen molar-refractivity contribution in [3.63, 3.8) is 0 Å². The maximum absolute atomic E-state index is 12.5. The lowest BCUT2D eigenvalue weighted by Gasteiger charge is -2.13. The van der Waals surface area contributed by atoms with Crippen LogP contribution in [-0.2, 0) is 16.1 Å². The predicted octanol–water partition coefficient (Wildman–Crippen LogP) is 2.97. The summed E-state index contributed by atoms with van der Waals surface area (Å²) in [7, 11) is 0. The van der Waals surface area contributed by atoms with Gasteiger partial charge in [0.15, 0.2) is 0 Å². The van der Waals surface area contributed by atoms with Crippen LogP contribution in [0.4, 0.5) is 11.4 Å². The van der Waals surface area contributed by atoms with E-state index in [1.54, 1.807) is 78.6 Å². The van der Waals surface area contributed by atoms with Gasteiger partial charge in [0, 0.05) is 42.8 Å². The summed E-state index contributed by atoms with van der Waals surface area (Å²) in [5, 5.41) is 12.4. The van der Waals surface area contributed by atoms with Crippen molar-refractivity contribution < 1.29 is 14.4 Å². The van der Waals surface area contributed by atoms with Gasteiger partial charge in [-0.3, -0.25) is 19.1 Å². The fourth-order valence-electron chi connectivity index (χ4n) is 2.76. The number of aromatic nitrogens is 2. The number of hydrogen-bond donors (Lipinski definition) is 3. The molecule has 1 aromatic heterocycles. The zero-order valence-electron chi connectivity index (χ0n) is 16.8. The lowest BCUT2D eigenvalue weighted by atomic mass is 10.1. The molecule has 8 heteroatoms. The molecule has 2 aromatic carbocycles. The minimum atomic E-state index is -0.464. The molecule has 154 valence electrons. The van der Waals surface area contributed by atoms with Gasteiger partial charge in [-0.05, 0) is 48.9 Å². The van der Waals surface area contributed by atoms with E-state index in [9.17, 15) is 14.4 Å². The molecule has 0 radical (unpaired) electrons. The van der Waals surface area contributed by atoms with E-state index in [4.69, 9.17) is 0 Å². The third-order valence-electron chi connectivity index (χ3n) is 4.45. The summed E-state index contributed by atoms with van der Waals surface area (Å²) in [6.45, 7) is 3.62. The van der Waals surface area contributed by atoms with Gasteiger partial charge in [-0.15, -0.1) is 0 Å². The van der Waals surface area contributed by atoms with Gasteiger partial charge in [-0.25, -0.2) is 0 Å². The number of carbonyl (C=O) groups is 3. The Morgan fingerprint density at radius 3 is 2.33 bits per heavy atom. The minimum absolute atomic E-state index is 0.109. The molecule has 1 heterocycles. The zero-order valence-corrected chi connectivity index (χ0v) is 16.8. The normalized spacial score (nSPS) is 11.4. The molecule has 0 saturated carbocycles. The first-order valence-corrected chi connectivity index (χ1v) is 9.47. The van der Waals surface area contributed by atoms with E-state index in [1.807, 2.05) is 0 Å². The van der Waals surface area contributed by atoms with E-state index >= 15 is 0 Å². The Morgan fingerprint density at radius 1 is 1.00 bits per heavy atom. The van der Waals surface area contributed by atoms with Gasteiger partial charge in [-0.2, -0.15) is 5.10 Å². The van der Waals surface area contributed by atoms with Crippen molar-refractivity contribution >= 4 is 29.1 Å². The second kappa shape index (κ2) is 9.51. The maximum Gasteiger partial charge on any atom is 0.255 e. The van der Waals surface area contributed by atoms with Crippen LogP contribution in [0.3, 0.4) is 0 Å². The Morgan fingerprint density at radius 2 is 1.70 bits per heavy atom. The van der Waals surface area contributed by atoms with E-state index in [0.717, 1.165) is 5.56 Å². The first kappa shape index (κ1) is 20.8. The Labute approximate surface area is 174 Å². The first-order valence-electron chi connectivity index (χ1n) is 9.47. The van der Waals surface area contributed by atoms with Crippen molar-refractivity contribution in [3.8, 4) is 0 Å². The van der Waals surface area contributed by atoms with E-state index in [2.05, 4.69) is 21.0 Å². The Bertz CT molecular complexity index is 1030. The van der Waals surface area contributed by atoms with Gasteiger partial charge in [0.1, 0.15) is 6.04 Å². The number of nitrogens with zero attached hydrogens (tertiary/aromatic N) is 2. The molecule has 0 saturated heterocycles. The summed E-state index contributed by atoms with van der Waals surface area (Å²) in [6, 6.07) is 15.2. The number of hydrogen-bond acceptors (Lipinski definition) is 4. The number of rotatable bonds is 7. The first-order chi connectivity index (χ1) is 14.4. The Kier molecular flexibility index (Phi) is 6.59. The summed E-state index contributed by atoms with van der Waals surface area (Å²) in [5.41, 5.74) is 2.52. The summed E-state index contributed by atoms with van der Waals surface area (Å²) >= 11 is 0. The largest absolute Gasteiger partial charge is 0.352 e. The van der Waals surface area contributed by atoms with E-state index in [0.29, 0.717) is 23.5 Å². The SMILES string of the molecule is CC(=O)NCc1ccc(C(=O)Nc2cccc(NC(=O)[C@H](C)n3cccn3)c2)cc1. The molecule has 8 nitrogen and oxygen atoms in total. The summed E-state index contributed by atoms with van der Waals surface area (Å²) in [6.07, 6.45) is 3.34. The maximum atomic E-state index is 12.5. The highest BCUT2D eigenvalue weighted by atomic mass is 16.2. The van der Waals surface area contributed by atoms with Gasteiger partial charge < -0.3 is 16.0 Å². The molecule has 0 unspecified atom stereocenters. The van der Waals surface area contributed by atoms with Crippen molar-refractivity contribution in [3.05, 3.63) is 78.1 Å². The van der Waals surface area contributed by atoms with Gasteiger partial charge in [0.25, 0.3) is 5.91 Å². The van der Waals surface area contributed by atoms with Gasteiger partial charge in [-0.1, -0.05) is 18.2 Å². The molecule has 3 rings (SSSR count). The Balaban J connectivity index is 1.61. The predicted molar refractivity (Wildman–Crippen MR) is 114 cm³/mol. The van der Waals surface area contributed by atoms with Gasteiger partial charge in [0.05, 0.1) is 0 Å². The minimum Gasteiger partial charge on any atom is -0.352 e. The standard InChI is InChI=1S/C22H23N5O3/c1-15(27-12-4-11-24-27)21(29)25-19-5-3-6-20(13-19)26-22(30)18-9-7-17(8-10-18)14-23-16(2)28/h3-13,15H,14H2,1-2H3,(H,23,28)(H,25,29)(H,26,30)/t15-/m0/s1. The zero-order chi connectivity index (χ0) is 21.5. The molecular formula is C22H23N5O3. The van der Waals surface area contributed by atoms with Gasteiger partial charge >= 0.3 is 0 Å². The lowest BCUT2D eigenvalue weighted by molar-refractivity contribution is -0.119. The molecule has 30 heavy (non-hydrogen) atoms. The summed E-state index contributed by atoms with van der Waals surface area (Å²) in [5.74, 6) is -0.589. The fourth-order valence-corrected chi connectivity index (χ4v) is 2.76. The van der Waals surface area contributed by atoms with Crippen LogP contribution >= 0.6 is 0 Å². The molecule has 0 aliphatic carbocycles. The van der Waals surface area contributed by atoms with Crippen LogP contribution in [0, 0.1) is 0 Å². The topological polar surface area (TPSA) is 105 Å². The van der Waals surface area contributed by atoms with Crippen LogP contribution in [0.2, 0.25) is 0 Å². The summed E-state index contributed by atoms with van der Waals surface area (Å²) in [4.78, 5) is 35.9. The second-order valence-electron chi connectivity index (χ2n) is 6.79. The molecule has 3 aromatic rings. The van der Waals surface area contributed by atoms with Crippen LogP contribution in [0.15, 0.2) is 67.0 Å². The number of benzene rings is 2. The number of nitrogens with one attached hydrogen (secondary N) is 3. The number of carbonyl (C=O) groups excluding carboxylic acids is 3. The second-order valence-corrected chi connectivity index (χ2v) is 6.79. The van der Waals surface area contributed by atoms with Crippen molar-refractivity contribution in [2.45, 2.75) is 26.4 Å². The fraction of sp³-hybridized carbons (Fsp3) is 0.182. The van der Waals surface area contributed by atoms with Crippen LogP contribution in [-0.4, -0.2) is 27.5 Å². The monoisotopic (exact) mass is 405 g/mol. The van der Waals surface area contributed by atoms with Crippen LogP contribution in [0.25, 0.3) is 0 Å². The van der Waals surface area contributed by atoms with Crippen LogP contribution in [0.5, 0.6) is 0 Å². The molecule has 0 spiro atoms. The highest BCUT2D eigenvalue weighted by molar-refractivity contribution is 6.04. The van der Waals surface area contributed by atoms with E-state index in [-0.39, 0.29) is 17.7 Å². The summed E-state index contributed by atoms with van der Waals surface area (Å²) < 4.78 is 1.57. The smallest absolute Gasteiger partial charge is 0.255 e. The molecule has 0 aliphatic rings. The van der Waals surface area contributed by atoms with Crippen LogP contribution in [0.1, 0.15) is 35.8 Å². The molecule has 3 amide bonds. The van der Waals surface area contributed by atoms with Crippen LogP contribution < -0.4 is 16.0 Å². The average molecular weight is 405 g/mol. The molecule has 0 bridgehead atoms. The number of anilines is 2. The van der Waals surface area contributed by atoms with Gasteiger partial charge in [0.2, 0.25) is 11.8 Å². The molecule has 0 fully saturated rings. The molecule has 3 N–H and O–H groups in total. The lowest BCUT2D eigenvalue weighted by Crippen LogP contribution is -2.24. The van der Waals surface area contributed by atoms with Crippen molar-refractivity contribution in [1.82, 2.24) is 15.1 Å². The van der Waals surface area contributed by atoms with Crippen molar-refractivity contribution in [1.29, 1.82) is 0 Å².